The molecule has 2 atom stereocenters. The van der Waals surface area contributed by atoms with Gasteiger partial charge in [0.15, 0.2) is 0 Å². The zero-order valence-electron chi connectivity index (χ0n) is 8.66. The highest BCUT2D eigenvalue weighted by Crippen LogP contribution is 2.25. The molecule has 0 aromatic carbocycles. The Labute approximate surface area is 87.8 Å². The first kappa shape index (κ1) is 11.7. The van der Waals surface area contributed by atoms with Crippen LogP contribution in [0.15, 0.2) is 0 Å². The number of carbonyl (C=O) groups excluding carboxylic acids is 2. The quantitative estimate of drug-likeness (QED) is 0.705. The number of amides is 1. The Bertz CT molecular complexity index is 287. The Kier molecular flexibility index (Phi) is 3.82. The number of nitrogens with one attached hydrogen (secondary N) is 1. The van der Waals surface area contributed by atoms with E-state index in [1.165, 1.54) is 6.92 Å². The molecule has 1 aliphatic carbocycles. The second kappa shape index (κ2) is 4.91. The molecule has 2 N–H and O–H groups in total. The third-order valence-corrected chi connectivity index (χ3v) is 2.63. The van der Waals surface area contributed by atoms with Gasteiger partial charge in [-0.3, -0.25) is 9.59 Å². The number of ketones is 1. The summed E-state index contributed by atoms with van der Waals surface area (Å²) in [6, 6.07) is -0.936. The van der Waals surface area contributed by atoms with Crippen molar-refractivity contribution in [2.75, 3.05) is 0 Å². The van der Waals surface area contributed by atoms with Gasteiger partial charge in [0.25, 0.3) is 0 Å². The third kappa shape index (κ3) is 3.34. The lowest BCUT2D eigenvalue weighted by atomic mass is 9.97. The summed E-state index contributed by atoms with van der Waals surface area (Å²) in [5, 5.41) is 11.2. The van der Waals surface area contributed by atoms with E-state index >= 15 is 0 Å². The maximum absolute atomic E-state index is 11.3. The smallest absolute Gasteiger partial charge is 0.326 e. The molecule has 5 heteroatoms. The number of rotatable bonds is 4. The van der Waals surface area contributed by atoms with E-state index in [0.717, 1.165) is 12.8 Å². The average Bonchev–Trinajstić information content (AvgIpc) is 2.50. The van der Waals surface area contributed by atoms with Gasteiger partial charge in [-0.2, -0.15) is 0 Å². The second-order valence-corrected chi connectivity index (χ2v) is 3.88. The van der Waals surface area contributed by atoms with Crippen molar-refractivity contribution in [1.29, 1.82) is 0 Å². The molecular weight excluding hydrogens is 198 g/mol. The molecule has 1 fully saturated rings. The van der Waals surface area contributed by atoms with E-state index in [1.54, 1.807) is 0 Å². The van der Waals surface area contributed by atoms with Crippen LogP contribution in [0.25, 0.3) is 0 Å². The SMILES string of the molecule is CC(=O)N[C@H](CC1CCCC1=O)C(=O)O. The fraction of sp³-hybridized carbons (Fsp3) is 0.700. The summed E-state index contributed by atoms with van der Waals surface area (Å²) >= 11 is 0. The summed E-state index contributed by atoms with van der Waals surface area (Å²) in [6.07, 6.45) is 2.32. The maximum atomic E-state index is 11.3. The minimum Gasteiger partial charge on any atom is -0.480 e. The van der Waals surface area contributed by atoms with E-state index in [0.29, 0.717) is 6.42 Å². The van der Waals surface area contributed by atoms with Gasteiger partial charge in [-0.1, -0.05) is 0 Å². The lowest BCUT2D eigenvalue weighted by Gasteiger charge is -2.16. The molecule has 0 aromatic heterocycles. The molecule has 0 aromatic rings. The van der Waals surface area contributed by atoms with Gasteiger partial charge >= 0.3 is 5.97 Å². The van der Waals surface area contributed by atoms with Crippen LogP contribution in [0.4, 0.5) is 0 Å². The first-order valence-corrected chi connectivity index (χ1v) is 5.03. The largest absolute Gasteiger partial charge is 0.480 e. The fourth-order valence-electron chi connectivity index (χ4n) is 1.89. The van der Waals surface area contributed by atoms with Crippen LogP contribution in [0.1, 0.15) is 32.6 Å². The van der Waals surface area contributed by atoms with Crippen molar-refractivity contribution in [2.24, 2.45) is 5.92 Å². The van der Waals surface area contributed by atoms with Crippen molar-refractivity contribution in [2.45, 2.75) is 38.6 Å². The first-order chi connectivity index (χ1) is 7.00. The summed E-state index contributed by atoms with van der Waals surface area (Å²) in [5.74, 6) is -1.54. The standard InChI is InChI=1S/C10H15NO4/c1-6(12)11-8(10(14)15)5-7-3-2-4-9(7)13/h7-8H,2-5H2,1H3,(H,11,12)(H,14,15)/t7?,8-/m1/s1. The van der Waals surface area contributed by atoms with Crippen molar-refractivity contribution in [3.63, 3.8) is 0 Å². The molecule has 0 radical (unpaired) electrons. The zero-order chi connectivity index (χ0) is 11.4. The van der Waals surface area contributed by atoms with Gasteiger partial charge in [0.1, 0.15) is 11.8 Å². The van der Waals surface area contributed by atoms with Gasteiger partial charge in [-0.25, -0.2) is 4.79 Å². The summed E-state index contributed by atoms with van der Waals surface area (Å²) < 4.78 is 0. The number of Topliss-reactive ketones (excluding diaryl/α,β-unsaturated/α-hetero) is 1. The first-order valence-electron chi connectivity index (χ1n) is 5.03. The Hall–Kier alpha value is -1.39. The summed E-state index contributed by atoms with van der Waals surface area (Å²) in [7, 11) is 0. The predicted molar refractivity (Wildman–Crippen MR) is 52.2 cm³/mol. The van der Waals surface area contributed by atoms with E-state index < -0.39 is 12.0 Å². The molecule has 0 aliphatic heterocycles. The van der Waals surface area contributed by atoms with E-state index in [9.17, 15) is 14.4 Å². The predicted octanol–water partition coefficient (Wildman–Crippen LogP) is 0.335. The number of aliphatic carboxylic acids is 1. The van der Waals surface area contributed by atoms with E-state index in [1.807, 2.05) is 0 Å². The van der Waals surface area contributed by atoms with Gasteiger partial charge in [-0.05, 0) is 19.3 Å². The van der Waals surface area contributed by atoms with Crippen LogP contribution in [0.2, 0.25) is 0 Å². The number of hydrogen-bond donors (Lipinski definition) is 2. The van der Waals surface area contributed by atoms with Crippen LogP contribution in [0.5, 0.6) is 0 Å². The number of carboxylic acid groups (broad SMARTS) is 1. The minimum absolute atomic E-state index is 0.117. The highest BCUT2D eigenvalue weighted by atomic mass is 16.4. The van der Waals surface area contributed by atoms with Crippen molar-refractivity contribution in [1.82, 2.24) is 5.32 Å². The molecule has 5 nitrogen and oxygen atoms in total. The monoisotopic (exact) mass is 213 g/mol. The molecule has 15 heavy (non-hydrogen) atoms. The molecule has 84 valence electrons. The van der Waals surface area contributed by atoms with Gasteiger partial charge in [0.2, 0.25) is 5.91 Å². The molecule has 1 rings (SSSR count). The van der Waals surface area contributed by atoms with Gasteiger partial charge in [0, 0.05) is 19.3 Å². The van der Waals surface area contributed by atoms with Crippen molar-refractivity contribution in [3.8, 4) is 0 Å². The van der Waals surface area contributed by atoms with Crippen LogP contribution in [0.3, 0.4) is 0 Å². The lowest BCUT2D eigenvalue weighted by molar-refractivity contribution is -0.142. The summed E-state index contributed by atoms with van der Waals surface area (Å²) in [6.45, 7) is 1.27. The summed E-state index contributed by atoms with van der Waals surface area (Å²) in [5.41, 5.74) is 0. The van der Waals surface area contributed by atoms with Gasteiger partial charge in [-0.15, -0.1) is 0 Å². The van der Waals surface area contributed by atoms with E-state index in [-0.39, 0.29) is 24.0 Å². The Balaban J connectivity index is 2.54. The highest BCUT2D eigenvalue weighted by Gasteiger charge is 2.30. The fourth-order valence-corrected chi connectivity index (χ4v) is 1.89. The average molecular weight is 213 g/mol. The lowest BCUT2D eigenvalue weighted by Crippen LogP contribution is -2.41. The van der Waals surface area contributed by atoms with E-state index in [2.05, 4.69) is 5.32 Å². The maximum Gasteiger partial charge on any atom is 0.326 e. The Morgan fingerprint density at radius 1 is 1.60 bits per heavy atom. The third-order valence-electron chi connectivity index (χ3n) is 2.63. The second-order valence-electron chi connectivity index (χ2n) is 3.88. The zero-order valence-corrected chi connectivity index (χ0v) is 8.66. The molecule has 1 amide bonds. The highest BCUT2D eigenvalue weighted by molar-refractivity contribution is 5.85. The van der Waals surface area contributed by atoms with Gasteiger partial charge < -0.3 is 10.4 Å². The normalized spacial score (nSPS) is 22.5. The topological polar surface area (TPSA) is 83.5 Å². The van der Waals surface area contributed by atoms with Gasteiger partial charge in [0.05, 0.1) is 0 Å². The molecule has 0 spiro atoms. The Morgan fingerprint density at radius 2 is 2.27 bits per heavy atom. The van der Waals surface area contributed by atoms with Crippen molar-refractivity contribution < 1.29 is 19.5 Å². The van der Waals surface area contributed by atoms with Crippen LogP contribution in [-0.2, 0) is 14.4 Å². The molecule has 1 saturated carbocycles. The molecule has 0 bridgehead atoms. The molecule has 0 heterocycles. The van der Waals surface area contributed by atoms with E-state index in [4.69, 9.17) is 5.11 Å². The summed E-state index contributed by atoms with van der Waals surface area (Å²) in [4.78, 5) is 32.9. The number of carbonyl (C=O) groups is 3. The molecule has 1 aliphatic rings. The molecule has 1 unspecified atom stereocenters. The molecule has 0 saturated heterocycles. The van der Waals surface area contributed by atoms with Crippen LogP contribution < -0.4 is 5.32 Å². The Morgan fingerprint density at radius 3 is 2.67 bits per heavy atom. The van der Waals surface area contributed by atoms with Crippen LogP contribution in [0, 0.1) is 5.92 Å². The number of carboxylic acids is 1. The number of hydrogen-bond acceptors (Lipinski definition) is 3. The van der Waals surface area contributed by atoms with Crippen LogP contribution in [-0.4, -0.2) is 28.8 Å². The minimum atomic E-state index is -1.08. The van der Waals surface area contributed by atoms with Crippen LogP contribution >= 0.6 is 0 Å². The van der Waals surface area contributed by atoms with Crippen molar-refractivity contribution in [3.05, 3.63) is 0 Å². The van der Waals surface area contributed by atoms with Crippen molar-refractivity contribution >= 4 is 17.7 Å². The molecular formula is C10H15NO4.